The lowest BCUT2D eigenvalue weighted by atomic mass is 9.78. The van der Waals surface area contributed by atoms with E-state index in [1.165, 1.54) is 6.92 Å². The molecule has 1 saturated carbocycles. The topological polar surface area (TPSA) is 34.1 Å². The van der Waals surface area contributed by atoms with Gasteiger partial charge in [-0.3, -0.25) is 9.59 Å². The van der Waals surface area contributed by atoms with E-state index in [9.17, 15) is 22.8 Å². The Bertz CT molecular complexity index is 257. The van der Waals surface area contributed by atoms with Crippen LogP contribution in [0, 0.1) is 11.8 Å². The summed E-state index contributed by atoms with van der Waals surface area (Å²) in [6.07, 6.45) is -4.95. The number of Topliss-reactive ketones (excluding diaryl/α,β-unsaturated/α-hetero) is 2. The van der Waals surface area contributed by atoms with Gasteiger partial charge in [-0.2, -0.15) is 13.2 Å². The number of hydrogen-bond acceptors (Lipinski definition) is 2. The summed E-state index contributed by atoms with van der Waals surface area (Å²) in [5, 5.41) is 0. The Hall–Kier alpha value is -0.870. The van der Waals surface area contributed by atoms with E-state index in [1.807, 2.05) is 0 Å². The lowest BCUT2D eigenvalue weighted by Gasteiger charge is -2.28. The molecule has 2 atom stereocenters. The van der Waals surface area contributed by atoms with Gasteiger partial charge in [-0.15, -0.1) is 0 Å². The van der Waals surface area contributed by atoms with Crippen LogP contribution in [0.3, 0.4) is 0 Å². The second-order valence-electron chi connectivity index (χ2n) is 3.64. The molecule has 0 spiro atoms. The molecule has 0 aromatic rings. The first-order valence-electron chi connectivity index (χ1n) is 4.42. The smallest absolute Gasteiger partial charge is 0.299 e. The molecule has 0 aromatic heterocycles. The Morgan fingerprint density at radius 3 is 2.43 bits per heavy atom. The number of carbonyl (C=O) groups excluding carboxylic acids is 2. The van der Waals surface area contributed by atoms with Gasteiger partial charge in [0.15, 0.2) is 0 Å². The zero-order chi connectivity index (χ0) is 10.9. The van der Waals surface area contributed by atoms with Gasteiger partial charge >= 0.3 is 6.18 Å². The van der Waals surface area contributed by atoms with Crippen molar-refractivity contribution in [2.45, 2.75) is 32.4 Å². The van der Waals surface area contributed by atoms with Gasteiger partial charge in [0.05, 0.1) is 11.8 Å². The van der Waals surface area contributed by atoms with E-state index >= 15 is 0 Å². The Kier molecular flexibility index (Phi) is 2.97. The molecule has 14 heavy (non-hydrogen) atoms. The van der Waals surface area contributed by atoms with E-state index in [2.05, 4.69) is 0 Å². The third-order valence-corrected chi connectivity index (χ3v) is 2.60. The highest BCUT2D eigenvalue weighted by Crippen LogP contribution is 2.38. The summed E-state index contributed by atoms with van der Waals surface area (Å²) in [5.74, 6) is -3.33. The van der Waals surface area contributed by atoms with Crippen LogP contribution < -0.4 is 0 Å². The number of ketones is 2. The van der Waals surface area contributed by atoms with Crippen LogP contribution in [0.4, 0.5) is 13.2 Å². The van der Waals surface area contributed by atoms with E-state index in [4.69, 9.17) is 0 Å². The summed E-state index contributed by atoms with van der Waals surface area (Å²) in [5.41, 5.74) is 0. The first-order valence-corrected chi connectivity index (χ1v) is 4.42. The second-order valence-corrected chi connectivity index (χ2v) is 3.64. The van der Waals surface area contributed by atoms with Gasteiger partial charge in [0.2, 0.25) is 0 Å². The minimum absolute atomic E-state index is 0.131. The molecule has 0 bridgehead atoms. The third-order valence-electron chi connectivity index (χ3n) is 2.60. The van der Waals surface area contributed by atoms with Crippen LogP contribution in [0.2, 0.25) is 0 Å². The number of carbonyl (C=O) groups is 2. The Balaban J connectivity index is 2.72. The van der Waals surface area contributed by atoms with Gasteiger partial charge < -0.3 is 0 Å². The average molecular weight is 208 g/mol. The molecule has 1 rings (SSSR count). The second kappa shape index (κ2) is 3.71. The minimum atomic E-state index is -4.28. The van der Waals surface area contributed by atoms with Gasteiger partial charge in [0.25, 0.3) is 0 Å². The molecule has 1 aliphatic rings. The normalized spacial score (nSPS) is 29.0. The van der Waals surface area contributed by atoms with Crippen molar-refractivity contribution in [3.8, 4) is 0 Å². The van der Waals surface area contributed by atoms with Crippen molar-refractivity contribution in [2.75, 3.05) is 0 Å². The van der Waals surface area contributed by atoms with E-state index in [0.29, 0.717) is 0 Å². The van der Waals surface area contributed by atoms with Gasteiger partial charge in [-0.05, 0) is 19.8 Å². The van der Waals surface area contributed by atoms with Crippen LogP contribution in [0.25, 0.3) is 0 Å². The molecular weight excluding hydrogens is 197 g/mol. The Morgan fingerprint density at radius 1 is 1.43 bits per heavy atom. The van der Waals surface area contributed by atoms with Crippen LogP contribution in [-0.4, -0.2) is 17.7 Å². The fraction of sp³-hybridized carbons (Fsp3) is 0.778. The number of rotatable bonds is 1. The summed E-state index contributed by atoms with van der Waals surface area (Å²) >= 11 is 0. The molecule has 0 N–H and O–H groups in total. The predicted octanol–water partition coefficient (Wildman–Crippen LogP) is 2.12. The summed E-state index contributed by atoms with van der Waals surface area (Å²) in [6.45, 7) is 1.17. The molecule has 0 aromatic carbocycles. The molecule has 2 unspecified atom stereocenters. The minimum Gasteiger partial charge on any atom is -0.299 e. The van der Waals surface area contributed by atoms with Crippen LogP contribution >= 0.6 is 0 Å². The number of hydrogen-bond donors (Lipinski definition) is 0. The van der Waals surface area contributed by atoms with E-state index in [0.717, 1.165) is 0 Å². The Labute approximate surface area is 79.5 Å². The standard InChI is InChI=1S/C9H11F3O2/c1-5(13)7-4-6(9(10,11)12)2-3-8(7)14/h6-7H,2-4H2,1H3. The highest BCUT2D eigenvalue weighted by atomic mass is 19.4. The number of halogens is 3. The SMILES string of the molecule is CC(=O)C1CC(C(F)(F)F)CCC1=O. The highest BCUT2D eigenvalue weighted by Gasteiger charge is 2.45. The lowest BCUT2D eigenvalue weighted by molar-refractivity contribution is -0.186. The molecule has 1 aliphatic carbocycles. The summed E-state index contributed by atoms with van der Waals surface area (Å²) < 4.78 is 36.8. The molecular formula is C9H11F3O2. The first kappa shape index (κ1) is 11.2. The fourth-order valence-corrected chi connectivity index (χ4v) is 1.71. The molecule has 0 amide bonds. The van der Waals surface area contributed by atoms with Crippen LogP contribution in [0.1, 0.15) is 26.2 Å². The maximum absolute atomic E-state index is 12.3. The highest BCUT2D eigenvalue weighted by molar-refractivity contribution is 6.01. The van der Waals surface area contributed by atoms with Gasteiger partial charge in [-0.25, -0.2) is 0 Å². The molecule has 0 saturated heterocycles. The molecule has 2 nitrogen and oxygen atoms in total. The van der Waals surface area contributed by atoms with Crippen molar-refractivity contribution < 1.29 is 22.8 Å². The molecule has 5 heteroatoms. The van der Waals surface area contributed by atoms with Crippen molar-refractivity contribution in [3.05, 3.63) is 0 Å². The average Bonchev–Trinajstić information content (AvgIpc) is 2.02. The summed E-state index contributed by atoms with van der Waals surface area (Å²) in [7, 11) is 0. The molecule has 0 aliphatic heterocycles. The van der Waals surface area contributed by atoms with Crippen molar-refractivity contribution >= 4 is 11.6 Å². The third kappa shape index (κ3) is 2.33. The van der Waals surface area contributed by atoms with Crippen molar-refractivity contribution in [2.24, 2.45) is 11.8 Å². The van der Waals surface area contributed by atoms with E-state index in [1.54, 1.807) is 0 Å². The zero-order valence-electron chi connectivity index (χ0n) is 7.73. The van der Waals surface area contributed by atoms with Crippen LogP contribution in [-0.2, 0) is 9.59 Å². The van der Waals surface area contributed by atoms with Crippen molar-refractivity contribution in [1.82, 2.24) is 0 Å². The monoisotopic (exact) mass is 208 g/mol. The fourth-order valence-electron chi connectivity index (χ4n) is 1.71. The van der Waals surface area contributed by atoms with E-state index in [-0.39, 0.29) is 25.0 Å². The lowest BCUT2D eigenvalue weighted by Crippen LogP contribution is -2.36. The first-order chi connectivity index (χ1) is 6.32. The summed E-state index contributed by atoms with van der Waals surface area (Å²) in [4.78, 5) is 22.0. The van der Waals surface area contributed by atoms with Crippen molar-refractivity contribution in [3.63, 3.8) is 0 Å². The Morgan fingerprint density at radius 2 is 2.00 bits per heavy atom. The molecule has 0 radical (unpaired) electrons. The largest absolute Gasteiger partial charge is 0.391 e. The van der Waals surface area contributed by atoms with E-state index < -0.39 is 23.8 Å². The van der Waals surface area contributed by atoms with Gasteiger partial charge in [0.1, 0.15) is 11.6 Å². The molecule has 1 fully saturated rings. The predicted molar refractivity (Wildman–Crippen MR) is 42.6 cm³/mol. The van der Waals surface area contributed by atoms with Crippen LogP contribution in [0.15, 0.2) is 0 Å². The van der Waals surface area contributed by atoms with Crippen LogP contribution in [0.5, 0.6) is 0 Å². The quantitative estimate of drug-likeness (QED) is 0.618. The maximum Gasteiger partial charge on any atom is 0.391 e. The van der Waals surface area contributed by atoms with Gasteiger partial charge in [0, 0.05) is 6.42 Å². The zero-order valence-corrected chi connectivity index (χ0v) is 7.73. The number of alkyl halides is 3. The maximum atomic E-state index is 12.3. The van der Waals surface area contributed by atoms with Crippen molar-refractivity contribution in [1.29, 1.82) is 0 Å². The molecule has 80 valence electrons. The van der Waals surface area contributed by atoms with Gasteiger partial charge in [-0.1, -0.05) is 0 Å². The summed E-state index contributed by atoms with van der Waals surface area (Å²) in [6, 6.07) is 0. The molecule has 0 heterocycles.